The van der Waals surface area contributed by atoms with Crippen LogP contribution in [-0.2, 0) is 6.42 Å². The van der Waals surface area contributed by atoms with Gasteiger partial charge in [-0.2, -0.15) is 0 Å². The van der Waals surface area contributed by atoms with Gasteiger partial charge in [-0.15, -0.1) is 0 Å². The summed E-state index contributed by atoms with van der Waals surface area (Å²) >= 11 is 0. The predicted octanol–water partition coefficient (Wildman–Crippen LogP) is 3.77. The Morgan fingerprint density at radius 2 is 1.86 bits per heavy atom. The number of benzene rings is 2. The van der Waals surface area contributed by atoms with Crippen LogP contribution in [0.4, 0.5) is 20.2 Å². The summed E-state index contributed by atoms with van der Waals surface area (Å²) in [6, 6.07) is 11.4. The Morgan fingerprint density at radius 1 is 1.09 bits per heavy atom. The number of hydrogen-bond donors (Lipinski definition) is 0. The predicted molar refractivity (Wildman–Crippen MR) is 79.6 cm³/mol. The first-order valence-electron chi connectivity index (χ1n) is 6.92. The van der Waals surface area contributed by atoms with Crippen molar-refractivity contribution in [2.24, 2.45) is 0 Å². The Morgan fingerprint density at radius 3 is 2.64 bits per heavy atom. The zero-order chi connectivity index (χ0) is 15.3. The van der Waals surface area contributed by atoms with E-state index >= 15 is 0 Å². The van der Waals surface area contributed by atoms with E-state index in [2.05, 4.69) is 0 Å². The summed E-state index contributed by atoms with van der Waals surface area (Å²) in [6.45, 7) is 0.571. The van der Waals surface area contributed by atoms with Crippen molar-refractivity contribution in [1.29, 1.82) is 0 Å². The number of halogens is 2. The molecule has 0 saturated carbocycles. The summed E-state index contributed by atoms with van der Waals surface area (Å²) < 4.78 is 32.6. The van der Waals surface area contributed by atoms with Crippen LogP contribution in [0.2, 0.25) is 0 Å². The first-order chi connectivity index (χ1) is 10.6. The summed E-state index contributed by atoms with van der Waals surface area (Å²) in [7, 11) is 0. The molecule has 0 fully saturated rings. The second-order valence-electron chi connectivity index (χ2n) is 5.22. The highest BCUT2D eigenvalue weighted by molar-refractivity contribution is 5.95. The van der Waals surface area contributed by atoms with Crippen LogP contribution >= 0.6 is 0 Å². The number of nitrogens with zero attached hydrogens (tertiary/aromatic N) is 1. The van der Waals surface area contributed by atoms with Gasteiger partial charge in [0.15, 0.2) is 11.4 Å². The molecule has 0 bridgehead atoms. The van der Waals surface area contributed by atoms with Crippen molar-refractivity contribution in [1.82, 2.24) is 0 Å². The second-order valence-corrected chi connectivity index (χ2v) is 5.22. The van der Waals surface area contributed by atoms with E-state index in [1.165, 1.54) is 6.07 Å². The molecule has 0 spiro atoms. The lowest BCUT2D eigenvalue weighted by atomic mass is 10.1. The van der Waals surface area contributed by atoms with Crippen molar-refractivity contribution in [2.75, 3.05) is 11.4 Å². The summed E-state index contributed by atoms with van der Waals surface area (Å²) in [6.07, 6.45) is 0.487. The van der Waals surface area contributed by atoms with Gasteiger partial charge < -0.3 is 9.32 Å². The van der Waals surface area contributed by atoms with Gasteiger partial charge in [-0.1, -0.05) is 18.2 Å². The van der Waals surface area contributed by atoms with Crippen molar-refractivity contribution >= 4 is 22.3 Å². The molecule has 110 valence electrons. The molecule has 1 aromatic heterocycles. The van der Waals surface area contributed by atoms with Gasteiger partial charge in [-0.3, -0.25) is 0 Å². The number of rotatable bonds is 1. The summed E-state index contributed by atoms with van der Waals surface area (Å²) in [5, 5.41) is 0.286. The van der Waals surface area contributed by atoms with Crippen LogP contribution in [0.15, 0.2) is 51.7 Å². The highest BCUT2D eigenvalue weighted by atomic mass is 19.1. The Kier molecular flexibility index (Phi) is 2.76. The average Bonchev–Trinajstić information content (AvgIpc) is 2.95. The second kappa shape index (κ2) is 4.66. The molecule has 3 nitrogen and oxygen atoms in total. The fourth-order valence-electron chi connectivity index (χ4n) is 2.98. The van der Waals surface area contributed by atoms with Crippen LogP contribution in [0.25, 0.3) is 11.0 Å². The SMILES string of the molecule is O=c1oc2c(F)cc(F)cc2c2c1CCN2c1ccccc1. The maximum atomic E-state index is 13.9. The van der Waals surface area contributed by atoms with Crippen molar-refractivity contribution in [3.8, 4) is 0 Å². The van der Waals surface area contributed by atoms with Crippen LogP contribution in [0.5, 0.6) is 0 Å². The highest BCUT2D eigenvalue weighted by Gasteiger charge is 2.28. The van der Waals surface area contributed by atoms with Gasteiger partial charge in [-0.25, -0.2) is 13.6 Å². The monoisotopic (exact) mass is 299 g/mol. The first kappa shape index (κ1) is 13.0. The van der Waals surface area contributed by atoms with Crippen molar-refractivity contribution in [3.63, 3.8) is 0 Å². The van der Waals surface area contributed by atoms with E-state index in [9.17, 15) is 13.6 Å². The Labute approximate surface area is 124 Å². The molecule has 0 amide bonds. The van der Waals surface area contributed by atoms with E-state index in [0.717, 1.165) is 11.8 Å². The lowest BCUT2D eigenvalue weighted by Crippen LogP contribution is -2.14. The quantitative estimate of drug-likeness (QED) is 0.641. The average molecular weight is 299 g/mol. The largest absolute Gasteiger partial charge is 0.419 e. The molecular weight excluding hydrogens is 288 g/mol. The van der Waals surface area contributed by atoms with Gasteiger partial charge >= 0.3 is 5.63 Å². The number of fused-ring (bicyclic) bond motifs is 3. The van der Waals surface area contributed by atoms with E-state index in [4.69, 9.17) is 4.42 Å². The molecule has 3 aromatic rings. The van der Waals surface area contributed by atoms with E-state index in [-0.39, 0.29) is 11.0 Å². The molecule has 0 radical (unpaired) electrons. The van der Waals surface area contributed by atoms with E-state index < -0.39 is 17.3 Å². The van der Waals surface area contributed by atoms with Gasteiger partial charge in [0.2, 0.25) is 0 Å². The summed E-state index contributed by atoms with van der Waals surface area (Å²) in [5.74, 6) is -1.56. The van der Waals surface area contributed by atoms with Crippen molar-refractivity contribution in [2.45, 2.75) is 6.42 Å². The highest BCUT2D eigenvalue weighted by Crippen LogP contribution is 2.39. The normalized spacial score (nSPS) is 13.6. The molecule has 22 heavy (non-hydrogen) atoms. The fraction of sp³-hybridized carbons (Fsp3) is 0.118. The lowest BCUT2D eigenvalue weighted by Gasteiger charge is -2.20. The molecule has 0 N–H and O–H groups in total. The van der Waals surface area contributed by atoms with Crippen LogP contribution in [-0.4, -0.2) is 6.54 Å². The van der Waals surface area contributed by atoms with E-state index in [1.807, 2.05) is 35.2 Å². The van der Waals surface area contributed by atoms with Gasteiger partial charge in [0, 0.05) is 23.7 Å². The molecule has 0 saturated heterocycles. The molecule has 1 aliphatic heterocycles. The lowest BCUT2D eigenvalue weighted by molar-refractivity contribution is 0.512. The minimum Gasteiger partial charge on any atom is -0.419 e. The van der Waals surface area contributed by atoms with Crippen molar-refractivity contribution in [3.05, 3.63) is 70.1 Å². The molecule has 0 unspecified atom stereocenters. The fourth-order valence-corrected chi connectivity index (χ4v) is 2.98. The first-order valence-corrected chi connectivity index (χ1v) is 6.92. The minimum absolute atomic E-state index is 0.201. The standard InChI is InChI=1S/C17H11F2NO2/c18-10-8-13-15-12(17(21)22-16(13)14(19)9-10)6-7-20(15)11-4-2-1-3-5-11/h1-5,8-9H,6-7H2. The Bertz CT molecular complexity index is 935. The third-order valence-corrected chi connectivity index (χ3v) is 3.91. The van der Waals surface area contributed by atoms with Gasteiger partial charge in [0.05, 0.1) is 11.3 Å². The van der Waals surface area contributed by atoms with E-state index in [0.29, 0.717) is 24.2 Å². The van der Waals surface area contributed by atoms with Crippen LogP contribution in [0.1, 0.15) is 5.56 Å². The molecule has 0 aliphatic carbocycles. The molecule has 2 aromatic carbocycles. The zero-order valence-electron chi connectivity index (χ0n) is 11.5. The summed E-state index contributed by atoms with van der Waals surface area (Å²) in [5.41, 5.74) is 1.11. The van der Waals surface area contributed by atoms with Gasteiger partial charge in [-0.05, 0) is 24.6 Å². The van der Waals surface area contributed by atoms with Crippen LogP contribution in [0.3, 0.4) is 0 Å². The van der Waals surface area contributed by atoms with Crippen LogP contribution in [0, 0.1) is 11.6 Å². The third-order valence-electron chi connectivity index (χ3n) is 3.91. The molecule has 2 heterocycles. The Hall–Kier alpha value is -2.69. The molecule has 1 aliphatic rings. The van der Waals surface area contributed by atoms with Crippen molar-refractivity contribution < 1.29 is 13.2 Å². The third kappa shape index (κ3) is 1.82. The minimum atomic E-state index is -0.866. The van der Waals surface area contributed by atoms with Gasteiger partial charge in [0.1, 0.15) is 5.82 Å². The Balaban J connectivity index is 2.07. The number of anilines is 2. The smallest absolute Gasteiger partial charge is 0.341 e. The number of para-hydroxylation sites is 1. The molecular formula is C17H11F2NO2. The molecule has 5 heteroatoms. The summed E-state index contributed by atoms with van der Waals surface area (Å²) in [4.78, 5) is 14.0. The molecule has 4 rings (SSSR count). The zero-order valence-corrected chi connectivity index (χ0v) is 11.5. The molecule has 0 atom stereocenters. The maximum Gasteiger partial charge on any atom is 0.341 e. The van der Waals surface area contributed by atoms with Crippen LogP contribution < -0.4 is 10.5 Å². The maximum absolute atomic E-state index is 13.9. The number of hydrogen-bond acceptors (Lipinski definition) is 3. The topological polar surface area (TPSA) is 33.5 Å². The van der Waals surface area contributed by atoms with E-state index in [1.54, 1.807) is 0 Å². The van der Waals surface area contributed by atoms with Gasteiger partial charge in [0.25, 0.3) is 0 Å².